The van der Waals surface area contributed by atoms with Crippen molar-refractivity contribution in [3.63, 3.8) is 0 Å². The fraction of sp³-hybridized carbons (Fsp3) is 0.350. The van der Waals surface area contributed by atoms with Gasteiger partial charge >= 0.3 is 0 Å². The van der Waals surface area contributed by atoms with E-state index in [4.69, 9.17) is 0 Å². The topological polar surface area (TPSA) is 54.9 Å². The minimum Gasteiger partial charge on any atom is -0.316 e. The second-order valence-electron chi connectivity index (χ2n) is 6.37. The molecule has 0 unspecified atom stereocenters. The number of rotatable bonds is 6. The molecule has 4 nitrogen and oxygen atoms in total. The normalized spacial score (nSPS) is 13.5. The predicted molar refractivity (Wildman–Crippen MR) is 112 cm³/mol. The first-order valence-electron chi connectivity index (χ1n) is 8.74. The van der Waals surface area contributed by atoms with Crippen LogP contribution in [0.1, 0.15) is 35.6 Å². The van der Waals surface area contributed by atoms with Gasteiger partial charge in [0.2, 0.25) is 0 Å². The number of carbonyl (C=O) groups is 1. The lowest BCUT2D eigenvalue weighted by atomic mass is 10.1. The SMILES string of the molecule is CC(C)Cc1sc(-c2nccs2)nc1C=O.CNCC1=CC=C(F)CC=C1. The third kappa shape index (κ3) is 6.93. The number of thiazole rings is 2. The zero-order valence-corrected chi connectivity index (χ0v) is 17.4. The zero-order valence-electron chi connectivity index (χ0n) is 15.7. The number of carbonyl (C=O) groups excluding carboxylic acids is 1. The Morgan fingerprint density at radius 1 is 1.33 bits per heavy atom. The number of aldehydes is 1. The summed E-state index contributed by atoms with van der Waals surface area (Å²) >= 11 is 3.12. The van der Waals surface area contributed by atoms with Crippen molar-refractivity contribution in [2.45, 2.75) is 26.7 Å². The molecule has 0 bridgehead atoms. The van der Waals surface area contributed by atoms with Crippen LogP contribution < -0.4 is 5.32 Å². The van der Waals surface area contributed by atoms with Crippen LogP contribution in [0.5, 0.6) is 0 Å². The number of halogens is 1. The Kier molecular flexibility index (Phi) is 8.71. The van der Waals surface area contributed by atoms with Gasteiger partial charge in [0.15, 0.2) is 16.3 Å². The maximum atomic E-state index is 12.6. The quantitative estimate of drug-likeness (QED) is 0.669. The smallest absolute Gasteiger partial charge is 0.169 e. The minimum absolute atomic E-state index is 0.0765. The van der Waals surface area contributed by atoms with Crippen LogP contribution in [0, 0.1) is 5.92 Å². The van der Waals surface area contributed by atoms with E-state index in [0.717, 1.165) is 39.7 Å². The summed E-state index contributed by atoms with van der Waals surface area (Å²) in [5.74, 6) is 0.454. The van der Waals surface area contributed by atoms with E-state index in [2.05, 4.69) is 29.1 Å². The average Bonchev–Trinajstić information content (AvgIpc) is 3.25. The van der Waals surface area contributed by atoms with Crippen LogP contribution in [-0.4, -0.2) is 29.8 Å². The van der Waals surface area contributed by atoms with E-state index in [9.17, 15) is 9.18 Å². The molecule has 27 heavy (non-hydrogen) atoms. The van der Waals surface area contributed by atoms with Crippen LogP contribution in [0.2, 0.25) is 0 Å². The lowest BCUT2D eigenvalue weighted by Gasteiger charge is -2.00. The Balaban J connectivity index is 0.000000208. The van der Waals surface area contributed by atoms with Crippen molar-refractivity contribution < 1.29 is 9.18 Å². The molecule has 0 fully saturated rings. The van der Waals surface area contributed by atoms with Crippen LogP contribution >= 0.6 is 22.7 Å². The maximum absolute atomic E-state index is 12.6. The summed E-state index contributed by atoms with van der Waals surface area (Å²) in [6.45, 7) is 5.06. The molecule has 7 heteroatoms. The Morgan fingerprint density at radius 3 is 2.78 bits per heavy atom. The molecular formula is C20H24FN3OS2. The second kappa shape index (κ2) is 11.0. The van der Waals surface area contributed by atoms with Gasteiger partial charge in [0, 0.05) is 29.4 Å². The summed E-state index contributed by atoms with van der Waals surface area (Å²) < 4.78 is 12.6. The maximum Gasteiger partial charge on any atom is 0.169 e. The molecule has 144 valence electrons. The number of aromatic nitrogens is 2. The van der Waals surface area contributed by atoms with E-state index in [0.29, 0.717) is 18.0 Å². The van der Waals surface area contributed by atoms with Gasteiger partial charge in [0.1, 0.15) is 11.5 Å². The number of nitrogens with zero attached hydrogens (tertiary/aromatic N) is 2. The molecule has 2 aromatic heterocycles. The first-order chi connectivity index (χ1) is 13.0. The van der Waals surface area contributed by atoms with Crippen molar-refractivity contribution >= 4 is 29.0 Å². The van der Waals surface area contributed by atoms with Gasteiger partial charge in [-0.25, -0.2) is 14.4 Å². The molecule has 0 aromatic carbocycles. The van der Waals surface area contributed by atoms with E-state index in [1.54, 1.807) is 34.9 Å². The van der Waals surface area contributed by atoms with E-state index < -0.39 is 0 Å². The summed E-state index contributed by atoms with van der Waals surface area (Å²) in [5, 5.41) is 6.67. The van der Waals surface area contributed by atoms with Crippen LogP contribution in [0.25, 0.3) is 10.0 Å². The monoisotopic (exact) mass is 405 g/mol. The molecule has 0 aliphatic heterocycles. The second-order valence-corrected chi connectivity index (χ2v) is 8.35. The molecule has 1 N–H and O–H groups in total. The first kappa shape index (κ1) is 21.3. The molecule has 0 saturated carbocycles. The van der Waals surface area contributed by atoms with Gasteiger partial charge in [-0.3, -0.25) is 4.79 Å². The van der Waals surface area contributed by atoms with Crippen molar-refractivity contribution in [3.8, 4) is 10.0 Å². The van der Waals surface area contributed by atoms with E-state index in [-0.39, 0.29) is 5.83 Å². The third-order valence-electron chi connectivity index (χ3n) is 3.55. The van der Waals surface area contributed by atoms with Gasteiger partial charge in [-0.05, 0) is 31.0 Å². The van der Waals surface area contributed by atoms with Gasteiger partial charge in [-0.15, -0.1) is 22.7 Å². The highest BCUT2D eigenvalue weighted by Gasteiger charge is 2.14. The van der Waals surface area contributed by atoms with Gasteiger partial charge in [-0.2, -0.15) is 0 Å². The van der Waals surface area contributed by atoms with Crippen molar-refractivity contribution in [2.24, 2.45) is 5.92 Å². The summed E-state index contributed by atoms with van der Waals surface area (Å²) in [5.41, 5.74) is 1.68. The lowest BCUT2D eigenvalue weighted by Crippen LogP contribution is -2.08. The van der Waals surface area contributed by atoms with Gasteiger partial charge < -0.3 is 5.32 Å². The van der Waals surface area contributed by atoms with Gasteiger partial charge in [0.25, 0.3) is 0 Å². The molecule has 0 radical (unpaired) electrons. The summed E-state index contributed by atoms with van der Waals surface area (Å²) in [7, 11) is 1.87. The van der Waals surface area contributed by atoms with Crippen molar-refractivity contribution in [3.05, 3.63) is 57.9 Å². The third-order valence-corrected chi connectivity index (χ3v) is 5.56. The molecule has 2 aromatic rings. The fourth-order valence-electron chi connectivity index (χ4n) is 2.36. The molecule has 3 rings (SSSR count). The lowest BCUT2D eigenvalue weighted by molar-refractivity contribution is 0.111. The minimum atomic E-state index is -0.0765. The van der Waals surface area contributed by atoms with Crippen LogP contribution in [0.3, 0.4) is 0 Å². The highest BCUT2D eigenvalue weighted by molar-refractivity contribution is 7.20. The first-order valence-corrected chi connectivity index (χ1v) is 10.4. The number of hydrogen-bond donors (Lipinski definition) is 1. The van der Waals surface area contributed by atoms with E-state index in [1.165, 1.54) is 6.08 Å². The summed E-state index contributed by atoms with van der Waals surface area (Å²) in [6.07, 6.45) is 11.0. The van der Waals surface area contributed by atoms with Crippen LogP contribution in [0.4, 0.5) is 4.39 Å². The van der Waals surface area contributed by atoms with Gasteiger partial charge in [0.05, 0.1) is 0 Å². The fourth-order valence-corrected chi connectivity index (χ4v) is 4.28. The highest BCUT2D eigenvalue weighted by atomic mass is 32.1. The van der Waals surface area contributed by atoms with Crippen LogP contribution in [-0.2, 0) is 6.42 Å². The van der Waals surface area contributed by atoms with Crippen LogP contribution in [0.15, 0.2) is 47.3 Å². The van der Waals surface area contributed by atoms with E-state index >= 15 is 0 Å². The standard InChI is InChI=1S/C11H12N2OS2.C9H12FN/c1-7(2)5-9-8(6-14)13-11(16-9)10-12-3-4-15-10;1-11-7-8-3-2-4-9(10)6-5-8/h3-4,6-7H,5H2,1-2H3;2-3,5-6,11H,4,7H2,1H3. The molecular weight excluding hydrogens is 381 g/mol. The largest absolute Gasteiger partial charge is 0.316 e. The highest BCUT2D eigenvalue weighted by Crippen LogP contribution is 2.30. The van der Waals surface area contributed by atoms with Crippen molar-refractivity contribution in [1.82, 2.24) is 15.3 Å². The number of nitrogens with one attached hydrogen (secondary N) is 1. The number of likely N-dealkylation sites (N-methyl/N-ethyl adjacent to an activating group) is 1. The summed E-state index contributed by atoms with van der Waals surface area (Å²) in [6, 6.07) is 0. The van der Waals surface area contributed by atoms with E-state index in [1.807, 2.05) is 24.6 Å². The molecule has 0 amide bonds. The Hall–Kier alpha value is -1.96. The van der Waals surface area contributed by atoms with Crippen molar-refractivity contribution in [2.75, 3.05) is 13.6 Å². The average molecular weight is 406 g/mol. The Labute approximate surface area is 167 Å². The predicted octanol–water partition coefficient (Wildman–Crippen LogP) is 5.22. The molecule has 0 spiro atoms. The Bertz CT molecular complexity index is 820. The Morgan fingerprint density at radius 2 is 2.15 bits per heavy atom. The van der Waals surface area contributed by atoms with Crippen molar-refractivity contribution in [1.29, 1.82) is 0 Å². The molecule has 1 aliphatic carbocycles. The number of hydrogen-bond acceptors (Lipinski definition) is 6. The van der Waals surface area contributed by atoms with Gasteiger partial charge in [-0.1, -0.05) is 32.1 Å². The summed E-state index contributed by atoms with van der Waals surface area (Å²) in [4.78, 5) is 20.5. The zero-order chi connectivity index (χ0) is 19.6. The molecule has 0 saturated heterocycles. The molecule has 0 atom stereocenters. The molecule has 1 aliphatic rings. The molecule has 2 heterocycles. The number of allylic oxidation sites excluding steroid dienone is 4.